The highest BCUT2D eigenvalue weighted by Gasteiger charge is 2.46. The third-order valence-corrected chi connectivity index (χ3v) is 8.11. The highest BCUT2D eigenvalue weighted by Crippen LogP contribution is 2.63. The predicted molar refractivity (Wildman–Crippen MR) is 137 cm³/mol. The summed E-state index contributed by atoms with van der Waals surface area (Å²) in [5.74, 6) is 1.76. The van der Waals surface area contributed by atoms with Gasteiger partial charge in [0.25, 0.3) is 0 Å². The van der Waals surface area contributed by atoms with E-state index >= 15 is 0 Å². The van der Waals surface area contributed by atoms with E-state index in [9.17, 15) is 0 Å². The molecule has 2 unspecified atom stereocenters. The molecule has 3 aliphatic rings. The molecule has 0 heteroatoms. The molecular formula is C31H50. The summed E-state index contributed by atoms with van der Waals surface area (Å²) in [6.07, 6.45) is 30.5. The van der Waals surface area contributed by atoms with E-state index in [0.717, 1.165) is 11.8 Å². The largest absolute Gasteiger partial charge is 0.0654 e. The number of hydrogen-bond acceptors (Lipinski definition) is 0. The maximum absolute atomic E-state index is 3.31. The predicted octanol–water partition coefficient (Wildman–Crippen LogP) is 10.7. The van der Waals surface area contributed by atoms with Crippen molar-refractivity contribution in [1.82, 2.24) is 0 Å². The van der Waals surface area contributed by atoms with Crippen molar-refractivity contribution in [1.29, 1.82) is 0 Å². The third kappa shape index (κ3) is 7.01. The SMILES string of the molecule is CCCCCCCCCCCCCCCCCCCC1c2c3c#cc-3c2C1CCCC. The molecule has 3 aliphatic carbocycles. The summed E-state index contributed by atoms with van der Waals surface area (Å²) < 4.78 is 0. The molecule has 0 heterocycles. The quantitative estimate of drug-likeness (QED) is 0.175. The Morgan fingerprint density at radius 2 is 0.742 bits per heavy atom. The molecule has 3 rings (SSSR count). The standard InChI is InChI=1S/C31H50/c1-3-5-7-8-9-10-11-12-13-14-15-16-17-18-19-20-21-23-27-26(22-6-4-2)30-28-24-25-29(28)31(27)30/h26-27H,3-23H2,1-2H3. The van der Waals surface area contributed by atoms with E-state index in [0.29, 0.717) is 0 Å². The van der Waals surface area contributed by atoms with Crippen molar-refractivity contribution in [3.05, 3.63) is 23.3 Å². The molecule has 0 radical (unpaired) electrons. The molecule has 31 heavy (non-hydrogen) atoms. The molecule has 0 aromatic rings. The minimum Gasteiger partial charge on any atom is -0.0654 e. The zero-order valence-electron chi connectivity index (χ0n) is 21.0. The third-order valence-electron chi connectivity index (χ3n) is 8.11. The average Bonchev–Trinajstić information content (AvgIpc) is 2.76. The lowest BCUT2D eigenvalue weighted by molar-refractivity contribution is 0.386. The molecule has 0 spiro atoms. The van der Waals surface area contributed by atoms with Crippen LogP contribution in [0.2, 0.25) is 0 Å². The number of unbranched alkanes of at least 4 members (excludes halogenated alkanes) is 17. The smallest absolute Gasteiger partial charge is 0.0447 e. The van der Waals surface area contributed by atoms with Gasteiger partial charge < -0.3 is 0 Å². The fraction of sp³-hybridized carbons (Fsp3) is 0.806. The molecule has 0 nitrogen and oxygen atoms in total. The minimum atomic E-state index is 0.879. The number of rotatable bonds is 21. The van der Waals surface area contributed by atoms with Crippen molar-refractivity contribution < 1.29 is 0 Å². The number of fused-ring (bicyclic) bond motifs is 4. The zero-order chi connectivity index (χ0) is 21.7. The van der Waals surface area contributed by atoms with Crippen LogP contribution in [0.25, 0.3) is 11.1 Å². The van der Waals surface area contributed by atoms with Gasteiger partial charge in [0.2, 0.25) is 0 Å². The second kappa shape index (κ2) is 14.2. The fourth-order valence-electron chi connectivity index (χ4n) is 6.08. The van der Waals surface area contributed by atoms with E-state index in [1.807, 2.05) is 0 Å². The van der Waals surface area contributed by atoms with Gasteiger partial charge >= 0.3 is 0 Å². The lowest BCUT2D eigenvalue weighted by Crippen LogP contribution is -2.31. The maximum Gasteiger partial charge on any atom is 0.0447 e. The second-order valence-electron chi connectivity index (χ2n) is 10.6. The molecule has 174 valence electrons. The Balaban J connectivity index is 1.09. The molecule has 0 aromatic carbocycles. The van der Waals surface area contributed by atoms with Crippen LogP contribution in [0.1, 0.15) is 172 Å². The number of hydrogen-bond donors (Lipinski definition) is 0. The van der Waals surface area contributed by atoms with E-state index in [-0.39, 0.29) is 0 Å². The first-order valence-electron chi connectivity index (χ1n) is 14.4. The van der Waals surface area contributed by atoms with Crippen LogP contribution in [0.5, 0.6) is 0 Å². The van der Waals surface area contributed by atoms with E-state index in [1.165, 1.54) is 146 Å². The highest BCUT2D eigenvalue weighted by molar-refractivity contribution is 5.88. The Kier molecular flexibility index (Phi) is 11.3. The van der Waals surface area contributed by atoms with Gasteiger partial charge in [-0.3, -0.25) is 0 Å². The summed E-state index contributed by atoms with van der Waals surface area (Å²) in [5, 5.41) is 0. The topological polar surface area (TPSA) is 0 Å². The lowest BCUT2D eigenvalue weighted by atomic mass is 9.55. The van der Waals surface area contributed by atoms with E-state index in [2.05, 4.69) is 26.0 Å². The summed E-state index contributed by atoms with van der Waals surface area (Å²) in [6, 6.07) is 6.61. The van der Waals surface area contributed by atoms with Gasteiger partial charge in [-0.05, 0) is 35.8 Å². The Morgan fingerprint density at radius 1 is 0.419 bits per heavy atom. The van der Waals surface area contributed by atoms with Crippen molar-refractivity contribution in [2.45, 2.75) is 161 Å². The van der Waals surface area contributed by atoms with Crippen LogP contribution < -0.4 is 0 Å². The summed E-state index contributed by atoms with van der Waals surface area (Å²) in [5.41, 5.74) is 6.36. The van der Waals surface area contributed by atoms with Gasteiger partial charge in [0.05, 0.1) is 0 Å². The average molecular weight is 423 g/mol. The van der Waals surface area contributed by atoms with Crippen molar-refractivity contribution in [3.8, 4) is 11.1 Å². The highest BCUT2D eigenvalue weighted by atomic mass is 14.5. The van der Waals surface area contributed by atoms with Gasteiger partial charge in [-0.2, -0.15) is 0 Å². The Bertz CT molecular complexity index is 613. The van der Waals surface area contributed by atoms with Crippen LogP contribution in [-0.4, -0.2) is 0 Å². The Hall–Kier alpha value is -0.960. The molecule has 0 bridgehead atoms. The lowest BCUT2D eigenvalue weighted by Gasteiger charge is -2.47. The Labute approximate surface area is 195 Å². The summed E-state index contributed by atoms with van der Waals surface area (Å²) in [4.78, 5) is 0. The van der Waals surface area contributed by atoms with Crippen molar-refractivity contribution in [2.24, 2.45) is 0 Å². The van der Waals surface area contributed by atoms with Gasteiger partial charge in [-0.1, -0.05) is 148 Å². The van der Waals surface area contributed by atoms with Crippen molar-refractivity contribution in [3.63, 3.8) is 0 Å². The van der Waals surface area contributed by atoms with Crippen LogP contribution in [0.15, 0.2) is 0 Å². The van der Waals surface area contributed by atoms with Crippen LogP contribution in [0, 0.1) is 12.1 Å². The second-order valence-corrected chi connectivity index (χ2v) is 10.6. The summed E-state index contributed by atoms with van der Waals surface area (Å²) in [7, 11) is 0. The van der Waals surface area contributed by atoms with Gasteiger partial charge in [0.15, 0.2) is 0 Å². The Morgan fingerprint density at radius 3 is 1.10 bits per heavy atom. The molecule has 0 saturated heterocycles. The van der Waals surface area contributed by atoms with E-state index in [4.69, 9.17) is 0 Å². The molecule has 0 N–H and O–H groups in total. The molecule has 0 aromatic heterocycles. The molecule has 0 saturated carbocycles. The van der Waals surface area contributed by atoms with Gasteiger partial charge in [-0.15, -0.1) is 0 Å². The normalized spacial score (nSPS) is 17.9. The molecule has 2 atom stereocenters. The van der Waals surface area contributed by atoms with E-state index < -0.39 is 0 Å². The first-order valence-corrected chi connectivity index (χ1v) is 14.4. The monoisotopic (exact) mass is 422 g/mol. The molecule has 0 aliphatic heterocycles. The van der Waals surface area contributed by atoms with Crippen LogP contribution in [-0.2, 0) is 0 Å². The summed E-state index contributed by atoms with van der Waals surface area (Å²) >= 11 is 0. The van der Waals surface area contributed by atoms with Crippen molar-refractivity contribution in [2.75, 3.05) is 0 Å². The first-order chi connectivity index (χ1) is 15.4. The van der Waals surface area contributed by atoms with Crippen LogP contribution in [0.3, 0.4) is 0 Å². The van der Waals surface area contributed by atoms with Crippen LogP contribution >= 0.6 is 0 Å². The molecule has 0 amide bonds. The molecule has 0 fully saturated rings. The molecular weight excluding hydrogens is 372 g/mol. The van der Waals surface area contributed by atoms with E-state index in [1.54, 1.807) is 11.1 Å². The summed E-state index contributed by atoms with van der Waals surface area (Å²) in [6.45, 7) is 4.63. The minimum absolute atomic E-state index is 0.879. The van der Waals surface area contributed by atoms with Gasteiger partial charge in [0.1, 0.15) is 0 Å². The fourth-order valence-corrected chi connectivity index (χ4v) is 6.08. The maximum atomic E-state index is 3.31. The van der Waals surface area contributed by atoms with Gasteiger partial charge in [-0.25, -0.2) is 0 Å². The first kappa shape index (κ1) is 24.7. The zero-order valence-corrected chi connectivity index (χ0v) is 21.0. The van der Waals surface area contributed by atoms with Crippen LogP contribution in [0.4, 0.5) is 0 Å². The van der Waals surface area contributed by atoms with Crippen molar-refractivity contribution >= 4 is 0 Å². The van der Waals surface area contributed by atoms with Gasteiger partial charge in [0, 0.05) is 11.1 Å².